The minimum atomic E-state index is -0.172. The minimum Gasteiger partial charge on any atom is -0.348 e. The first kappa shape index (κ1) is 17.0. The molecule has 1 aliphatic carbocycles. The molecule has 1 aromatic heterocycles. The van der Waals surface area contributed by atoms with E-state index in [1.54, 1.807) is 24.3 Å². The zero-order valence-corrected chi connectivity index (χ0v) is 14.6. The lowest BCUT2D eigenvalue weighted by Gasteiger charge is -2.22. The first-order chi connectivity index (χ1) is 11.6. The Morgan fingerprint density at radius 1 is 1.08 bits per heavy atom. The van der Waals surface area contributed by atoms with Crippen LogP contribution >= 0.6 is 23.2 Å². The number of benzene rings is 1. The molecule has 1 amide bonds. The van der Waals surface area contributed by atoms with Crippen LogP contribution in [-0.4, -0.2) is 21.9 Å². The molecule has 2 aromatic rings. The summed E-state index contributed by atoms with van der Waals surface area (Å²) in [6.45, 7) is 0. The number of anilines is 2. The largest absolute Gasteiger partial charge is 0.348 e. The molecule has 0 bridgehead atoms. The number of amides is 1. The Balaban J connectivity index is 1.70. The molecule has 0 saturated heterocycles. The molecular weight excluding hydrogens is 347 g/mol. The van der Waals surface area contributed by atoms with Crippen molar-refractivity contribution in [1.82, 2.24) is 15.3 Å². The van der Waals surface area contributed by atoms with E-state index < -0.39 is 0 Å². The third-order valence-electron chi connectivity index (χ3n) is 4.03. The van der Waals surface area contributed by atoms with E-state index in [2.05, 4.69) is 20.6 Å². The minimum absolute atomic E-state index is 0.172. The van der Waals surface area contributed by atoms with Gasteiger partial charge in [0.1, 0.15) is 17.8 Å². The van der Waals surface area contributed by atoms with Crippen LogP contribution in [0.3, 0.4) is 0 Å². The molecule has 0 unspecified atom stereocenters. The molecule has 0 spiro atoms. The van der Waals surface area contributed by atoms with E-state index >= 15 is 0 Å². The second kappa shape index (κ2) is 7.81. The zero-order chi connectivity index (χ0) is 16.9. The Morgan fingerprint density at radius 2 is 1.88 bits per heavy atom. The number of aromatic nitrogens is 2. The van der Waals surface area contributed by atoms with Gasteiger partial charge in [0, 0.05) is 17.1 Å². The average Bonchev–Trinajstić information content (AvgIpc) is 2.59. The van der Waals surface area contributed by atoms with Gasteiger partial charge in [0.15, 0.2) is 0 Å². The van der Waals surface area contributed by atoms with Gasteiger partial charge in [-0.05, 0) is 31.0 Å². The van der Waals surface area contributed by atoms with Gasteiger partial charge in [0.25, 0.3) is 5.91 Å². The maximum Gasteiger partial charge on any atom is 0.270 e. The number of halogens is 2. The van der Waals surface area contributed by atoms with Crippen molar-refractivity contribution in [2.45, 2.75) is 38.1 Å². The molecule has 0 aliphatic heterocycles. The Kier molecular flexibility index (Phi) is 5.53. The lowest BCUT2D eigenvalue weighted by atomic mass is 9.95. The molecule has 1 aliphatic rings. The fraction of sp³-hybridized carbons (Fsp3) is 0.353. The van der Waals surface area contributed by atoms with Crippen LogP contribution in [0.4, 0.5) is 11.5 Å². The summed E-state index contributed by atoms with van der Waals surface area (Å²) in [7, 11) is 0. The van der Waals surface area contributed by atoms with Crippen molar-refractivity contribution < 1.29 is 4.79 Å². The summed E-state index contributed by atoms with van der Waals surface area (Å²) in [5.74, 6) is 0.331. The van der Waals surface area contributed by atoms with Crippen LogP contribution in [-0.2, 0) is 0 Å². The van der Waals surface area contributed by atoms with Gasteiger partial charge in [-0.2, -0.15) is 0 Å². The molecule has 1 saturated carbocycles. The van der Waals surface area contributed by atoms with E-state index in [9.17, 15) is 4.79 Å². The molecule has 3 rings (SSSR count). The van der Waals surface area contributed by atoms with Gasteiger partial charge in [0.05, 0.1) is 10.7 Å². The second-order valence-electron chi connectivity index (χ2n) is 5.85. The summed E-state index contributed by atoms with van der Waals surface area (Å²) in [5, 5.41) is 7.16. The van der Waals surface area contributed by atoms with Gasteiger partial charge in [-0.3, -0.25) is 4.79 Å². The highest BCUT2D eigenvalue weighted by Gasteiger charge is 2.17. The number of nitrogens with one attached hydrogen (secondary N) is 2. The third-order valence-corrected chi connectivity index (χ3v) is 4.58. The maximum atomic E-state index is 12.4. The molecular formula is C17H18Cl2N4O. The van der Waals surface area contributed by atoms with Crippen LogP contribution in [0.1, 0.15) is 42.6 Å². The monoisotopic (exact) mass is 364 g/mol. The number of rotatable bonds is 4. The smallest absolute Gasteiger partial charge is 0.270 e. The number of hydrogen-bond acceptors (Lipinski definition) is 4. The highest BCUT2D eigenvalue weighted by atomic mass is 35.5. The van der Waals surface area contributed by atoms with Crippen molar-refractivity contribution in [1.29, 1.82) is 0 Å². The molecule has 0 radical (unpaired) electrons. The summed E-state index contributed by atoms with van der Waals surface area (Å²) < 4.78 is 0. The predicted octanol–water partition coefficient (Wildman–Crippen LogP) is 4.59. The average molecular weight is 365 g/mol. The fourth-order valence-electron chi connectivity index (χ4n) is 2.78. The first-order valence-electron chi connectivity index (χ1n) is 7.97. The van der Waals surface area contributed by atoms with E-state index in [4.69, 9.17) is 23.2 Å². The quantitative estimate of drug-likeness (QED) is 0.832. The summed E-state index contributed by atoms with van der Waals surface area (Å²) in [6, 6.07) is 6.98. The van der Waals surface area contributed by atoms with Crippen LogP contribution in [0.5, 0.6) is 0 Å². The molecule has 0 atom stereocenters. The van der Waals surface area contributed by atoms with Gasteiger partial charge < -0.3 is 10.6 Å². The third kappa shape index (κ3) is 4.36. The lowest BCUT2D eigenvalue weighted by Crippen LogP contribution is -2.36. The Labute approximate surface area is 150 Å². The fourth-order valence-corrected chi connectivity index (χ4v) is 3.24. The highest BCUT2D eigenvalue weighted by Crippen LogP contribution is 2.27. The van der Waals surface area contributed by atoms with E-state index in [1.807, 2.05) is 0 Å². The van der Waals surface area contributed by atoms with Gasteiger partial charge in [0.2, 0.25) is 0 Å². The van der Waals surface area contributed by atoms with Crippen molar-refractivity contribution in [3.05, 3.63) is 46.3 Å². The number of nitrogens with zero attached hydrogens (tertiary/aromatic N) is 2. The molecule has 126 valence electrons. The number of carbonyl (C=O) groups is 1. The van der Waals surface area contributed by atoms with Crippen molar-refractivity contribution >= 4 is 40.6 Å². The zero-order valence-electron chi connectivity index (χ0n) is 13.1. The maximum absolute atomic E-state index is 12.4. The molecule has 2 N–H and O–H groups in total. The Bertz CT molecular complexity index is 732. The van der Waals surface area contributed by atoms with Crippen molar-refractivity contribution in [2.24, 2.45) is 0 Å². The van der Waals surface area contributed by atoms with Crippen molar-refractivity contribution in [3.63, 3.8) is 0 Å². The highest BCUT2D eigenvalue weighted by molar-refractivity contribution is 6.36. The van der Waals surface area contributed by atoms with Crippen LogP contribution in [0.15, 0.2) is 30.6 Å². The summed E-state index contributed by atoms with van der Waals surface area (Å²) in [6.07, 6.45) is 7.00. The number of carbonyl (C=O) groups excluding carboxylic acids is 1. The Morgan fingerprint density at radius 3 is 2.62 bits per heavy atom. The van der Waals surface area contributed by atoms with Gasteiger partial charge in [-0.25, -0.2) is 9.97 Å². The standard InChI is InChI=1S/C17H18Cl2N4O/c18-11-6-7-14(13(19)8-11)23-16-9-15(20-10-21-16)17(24)22-12-4-2-1-3-5-12/h6-10,12H,1-5H2,(H,22,24)(H,20,21,23). The summed E-state index contributed by atoms with van der Waals surface area (Å²) in [4.78, 5) is 20.6. The van der Waals surface area contributed by atoms with E-state index in [0.717, 1.165) is 25.7 Å². The van der Waals surface area contributed by atoms with Crippen molar-refractivity contribution in [3.8, 4) is 0 Å². The molecule has 7 heteroatoms. The molecule has 1 heterocycles. The van der Waals surface area contributed by atoms with Crippen LogP contribution in [0.25, 0.3) is 0 Å². The van der Waals surface area contributed by atoms with Crippen LogP contribution in [0.2, 0.25) is 10.0 Å². The predicted molar refractivity (Wildman–Crippen MR) is 96.1 cm³/mol. The molecule has 5 nitrogen and oxygen atoms in total. The Hall–Kier alpha value is -1.85. The SMILES string of the molecule is O=C(NC1CCCCC1)c1cc(Nc2ccc(Cl)cc2Cl)ncn1. The van der Waals surface area contributed by atoms with Gasteiger partial charge in [-0.1, -0.05) is 42.5 Å². The van der Waals surface area contributed by atoms with E-state index in [0.29, 0.717) is 27.2 Å². The van der Waals surface area contributed by atoms with Crippen molar-refractivity contribution in [2.75, 3.05) is 5.32 Å². The molecule has 1 aromatic carbocycles. The second-order valence-corrected chi connectivity index (χ2v) is 6.69. The first-order valence-corrected chi connectivity index (χ1v) is 8.72. The summed E-state index contributed by atoms with van der Waals surface area (Å²) in [5.41, 5.74) is 1.00. The van der Waals surface area contributed by atoms with E-state index in [1.165, 1.54) is 12.7 Å². The normalized spacial score (nSPS) is 15.1. The lowest BCUT2D eigenvalue weighted by molar-refractivity contribution is 0.0922. The molecule has 1 fully saturated rings. The van der Waals surface area contributed by atoms with Crippen LogP contribution < -0.4 is 10.6 Å². The van der Waals surface area contributed by atoms with E-state index in [-0.39, 0.29) is 11.9 Å². The topological polar surface area (TPSA) is 66.9 Å². The molecule has 24 heavy (non-hydrogen) atoms. The summed E-state index contributed by atoms with van der Waals surface area (Å²) >= 11 is 12.0. The van der Waals surface area contributed by atoms with Gasteiger partial charge >= 0.3 is 0 Å². The van der Waals surface area contributed by atoms with Crippen LogP contribution in [0, 0.1) is 0 Å². The number of hydrogen-bond donors (Lipinski definition) is 2. The van der Waals surface area contributed by atoms with Gasteiger partial charge in [-0.15, -0.1) is 0 Å².